The number of nitrogens with two attached hydrogens (primary N) is 1. The second kappa shape index (κ2) is 5.30. The number of nitrogens with zero attached hydrogens (tertiary/aromatic N) is 1. The van der Waals surface area contributed by atoms with Gasteiger partial charge in [-0.25, -0.2) is 8.42 Å². The number of benzene rings is 2. The van der Waals surface area contributed by atoms with Gasteiger partial charge in [-0.2, -0.15) is 0 Å². The van der Waals surface area contributed by atoms with E-state index in [0.29, 0.717) is 28.8 Å². The minimum atomic E-state index is -3.64. The summed E-state index contributed by atoms with van der Waals surface area (Å²) >= 11 is 6.65. The molecule has 110 valence electrons. The van der Waals surface area contributed by atoms with Gasteiger partial charge in [-0.3, -0.25) is 4.31 Å². The Morgan fingerprint density at radius 3 is 2.62 bits per heavy atom. The molecule has 0 fully saturated rings. The quantitative estimate of drug-likeness (QED) is 0.739. The Labute approximate surface area is 140 Å². The third kappa shape index (κ3) is 2.47. The maximum Gasteiger partial charge on any atom is 0.265 e. The molecule has 2 aromatic rings. The second-order valence-electron chi connectivity index (χ2n) is 4.76. The molecular formula is C14H12Br2N2O2S. The van der Waals surface area contributed by atoms with Crippen LogP contribution in [0.3, 0.4) is 0 Å². The highest BCUT2D eigenvalue weighted by Gasteiger charge is 2.33. The van der Waals surface area contributed by atoms with E-state index in [9.17, 15) is 8.42 Å². The Balaban J connectivity index is 2.14. The zero-order valence-corrected chi connectivity index (χ0v) is 14.9. The van der Waals surface area contributed by atoms with Gasteiger partial charge >= 0.3 is 0 Å². The highest BCUT2D eigenvalue weighted by Crippen LogP contribution is 2.39. The highest BCUT2D eigenvalue weighted by atomic mass is 79.9. The molecule has 0 aliphatic carbocycles. The van der Waals surface area contributed by atoms with Gasteiger partial charge in [0, 0.05) is 15.5 Å². The molecule has 0 radical (unpaired) electrons. The number of para-hydroxylation sites is 1. The van der Waals surface area contributed by atoms with E-state index in [1.165, 1.54) is 4.31 Å². The topological polar surface area (TPSA) is 63.4 Å². The second-order valence-corrected chi connectivity index (χ2v) is 8.36. The van der Waals surface area contributed by atoms with E-state index in [0.717, 1.165) is 10.0 Å². The van der Waals surface area contributed by atoms with E-state index in [1.807, 2.05) is 12.1 Å². The Hall–Kier alpha value is -1.05. The molecule has 2 aromatic carbocycles. The van der Waals surface area contributed by atoms with Crippen molar-refractivity contribution in [1.82, 2.24) is 0 Å². The average molecular weight is 432 g/mol. The van der Waals surface area contributed by atoms with Gasteiger partial charge < -0.3 is 5.73 Å². The van der Waals surface area contributed by atoms with Crippen molar-refractivity contribution < 1.29 is 8.42 Å². The van der Waals surface area contributed by atoms with Crippen molar-refractivity contribution in [1.29, 1.82) is 0 Å². The van der Waals surface area contributed by atoms with E-state index in [2.05, 4.69) is 31.9 Å². The van der Waals surface area contributed by atoms with Crippen LogP contribution >= 0.6 is 31.9 Å². The normalized spacial score (nSPS) is 14.3. The van der Waals surface area contributed by atoms with Gasteiger partial charge in [-0.15, -0.1) is 0 Å². The summed E-state index contributed by atoms with van der Waals surface area (Å²) in [4.78, 5) is 0.238. The summed E-state index contributed by atoms with van der Waals surface area (Å²) < 4.78 is 28.5. The number of fused-ring (bicyclic) bond motifs is 1. The van der Waals surface area contributed by atoms with Crippen LogP contribution in [-0.4, -0.2) is 15.0 Å². The molecule has 0 atom stereocenters. The molecule has 1 aliphatic heterocycles. The van der Waals surface area contributed by atoms with Gasteiger partial charge in [-0.05, 0) is 52.2 Å². The summed E-state index contributed by atoms with van der Waals surface area (Å²) in [6.45, 7) is 0.411. The summed E-state index contributed by atoms with van der Waals surface area (Å²) in [5, 5.41) is 0. The molecule has 0 amide bonds. The Morgan fingerprint density at radius 1 is 1.14 bits per heavy atom. The van der Waals surface area contributed by atoms with Crippen LogP contribution in [-0.2, 0) is 16.4 Å². The van der Waals surface area contributed by atoms with Gasteiger partial charge in [0.2, 0.25) is 0 Å². The first-order valence-electron chi connectivity index (χ1n) is 6.26. The Kier molecular flexibility index (Phi) is 3.75. The van der Waals surface area contributed by atoms with Crippen LogP contribution in [0, 0.1) is 0 Å². The predicted molar refractivity (Wildman–Crippen MR) is 90.9 cm³/mol. The molecule has 0 aromatic heterocycles. The molecule has 3 rings (SSSR count). The van der Waals surface area contributed by atoms with Crippen LogP contribution in [0.4, 0.5) is 11.4 Å². The summed E-state index contributed by atoms with van der Waals surface area (Å²) in [5.74, 6) is 0. The fourth-order valence-electron chi connectivity index (χ4n) is 2.49. The van der Waals surface area contributed by atoms with Gasteiger partial charge in [0.15, 0.2) is 0 Å². The Bertz CT molecular complexity index is 822. The Morgan fingerprint density at radius 2 is 1.90 bits per heavy atom. The fourth-order valence-corrected chi connectivity index (χ4v) is 5.73. The van der Waals surface area contributed by atoms with Crippen molar-refractivity contribution in [3.8, 4) is 0 Å². The molecule has 21 heavy (non-hydrogen) atoms. The SMILES string of the molecule is Nc1cccc2c1N(S(=O)(=O)c1ccc(Br)cc1Br)CC2. The van der Waals surface area contributed by atoms with Gasteiger partial charge in [0.1, 0.15) is 4.90 Å². The fraction of sp³-hybridized carbons (Fsp3) is 0.143. The molecule has 2 N–H and O–H groups in total. The van der Waals surface area contributed by atoms with Crippen molar-refractivity contribution in [2.45, 2.75) is 11.3 Å². The summed E-state index contributed by atoms with van der Waals surface area (Å²) in [7, 11) is -3.64. The van der Waals surface area contributed by atoms with E-state index in [4.69, 9.17) is 5.73 Å². The number of sulfonamides is 1. The first kappa shape index (κ1) is 14.9. The predicted octanol–water partition coefficient (Wildman–Crippen LogP) is 3.55. The van der Waals surface area contributed by atoms with Gasteiger partial charge in [-0.1, -0.05) is 28.1 Å². The molecule has 4 nitrogen and oxygen atoms in total. The van der Waals surface area contributed by atoms with Gasteiger partial charge in [0.25, 0.3) is 10.0 Å². The van der Waals surface area contributed by atoms with E-state index >= 15 is 0 Å². The van der Waals surface area contributed by atoms with E-state index in [-0.39, 0.29) is 4.90 Å². The van der Waals surface area contributed by atoms with Crippen molar-refractivity contribution in [2.24, 2.45) is 0 Å². The van der Waals surface area contributed by atoms with Crippen molar-refractivity contribution in [3.63, 3.8) is 0 Å². The van der Waals surface area contributed by atoms with Crippen LogP contribution in [0.25, 0.3) is 0 Å². The first-order chi connectivity index (χ1) is 9.91. The van der Waals surface area contributed by atoms with Crippen LogP contribution in [0.15, 0.2) is 50.2 Å². The number of hydrogen-bond acceptors (Lipinski definition) is 3. The van der Waals surface area contributed by atoms with Crippen molar-refractivity contribution in [2.75, 3.05) is 16.6 Å². The van der Waals surface area contributed by atoms with Crippen LogP contribution in [0.1, 0.15) is 5.56 Å². The molecule has 1 aliphatic rings. The third-order valence-corrected chi connectivity index (χ3v) is 6.72. The van der Waals surface area contributed by atoms with E-state index < -0.39 is 10.0 Å². The largest absolute Gasteiger partial charge is 0.397 e. The molecule has 0 unspecified atom stereocenters. The lowest BCUT2D eigenvalue weighted by atomic mass is 10.1. The van der Waals surface area contributed by atoms with Gasteiger partial charge in [0.05, 0.1) is 11.4 Å². The lowest BCUT2D eigenvalue weighted by Gasteiger charge is -2.21. The molecule has 0 spiro atoms. The van der Waals surface area contributed by atoms with E-state index in [1.54, 1.807) is 24.3 Å². The lowest BCUT2D eigenvalue weighted by molar-refractivity contribution is 0.592. The average Bonchev–Trinajstić information content (AvgIpc) is 2.84. The highest BCUT2D eigenvalue weighted by molar-refractivity contribution is 9.11. The maximum absolute atomic E-state index is 12.9. The monoisotopic (exact) mass is 430 g/mol. The maximum atomic E-state index is 12.9. The zero-order valence-electron chi connectivity index (χ0n) is 10.9. The smallest absolute Gasteiger partial charge is 0.265 e. The summed E-state index contributed by atoms with van der Waals surface area (Å²) in [6.07, 6.45) is 0.674. The number of rotatable bonds is 2. The molecular weight excluding hydrogens is 420 g/mol. The molecule has 1 heterocycles. The summed E-state index contributed by atoms with van der Waals surface area (Å²) in [5.41, 5.74) is 8.03. The van der Waals surface area contributed by atoms with Crippen LogP contribution in [0.5, 0.6) is 0 Å². The minimum Gasteiger partial charge on any atom is -0.397 e. The third-order valence-electron chi connectivity index (χ3n) is 3.45. The number of anilines is 2. The molecule has 0 saturated heterocycles. The first-order valence-corrected chi connectivity index (χ1v) is 9.29. The van der Waals surface area contributed by atoms with Crippen molar-refractivity contribution in [3.05, 3.63) is 50.9 Å². The molecule has 0 bridgehead atoms. The lowest BCUT2D eigenvalue weighted by Crippen LogP contribution is -2.30. The number of halogens is 2. The minimum absolute atomic E-state index is 0.238. The molecule has 7 heteroatoms. The standard InChI is InChI=1S/C14H12Br2N2O2S/c15-10-4-5-13(11(16)8-10)21(19,20)18-7-6-9-2-1-3-12(17)14(9)18/h1-5,8H,6-7,17H2. The molecule has 0 saturated carbocycles. The summed E-state index contributed by atoms with van der Waals surface area (Å²) in [6, 6.07) is 10.5. The van der Waals surface area contributed by atoms with Crippen LogP contribution in [0.2, 0.25) is 0 Å². The number of nitrogen functional groups attached to an aromatic ring is 1. The number of hydrogen-bond donors (Lipinski definition) is 1. The van der Waals surface area contributed by atoms with Crippen molar-refractivity contribution >= 4 is 53.3 Å². The van der Waals surface area contributed by atoms with Crippen LogP contribution < -0.4 is 10.0 Å². The zero-order chi connectivity index (χ0) is 15.2.